The highest BCUT2D eigenvalue weighted by molar-refractivity contribution is 5.97. The molecule has 4 aliphatic rings. The third kappa shape index (κ3) is 3.09. The van der Waals surface area contributed by atoms with E-state index >= 15 is 0 Å². The van der Waals surface area contributed by atoms with Crippen LogP contribution in [-0.2, 0) is 9.59 Å². The average Bonchev–Trinajstić information content (AvgIpc) is 2.60. The van der Waals surface area contributed by atoms with Crippen LogP contribution in [0.1, 0.15) is 51.0 Å². The highest BCUT2D eigenvalue weighted by Gasteiger charge is 2.54. The van der Waals surface area contributed by atoms with Gasteiger partial charge in [0.25, 0.3) is 0 Å². The van der Waals surface area contributed by atoms with Gasteiger partial charge in [-0.05, 0) is 81.4 Å². The maximum atomic E-state index is 13.0. The van der Waals surface area contributed by atoms with Crippen LogP contribution in [0.25, 0.3) is 0 Å². The van der Waals surface area contributed by atoms with Crippen LogP contribution in [0.3, 0.4) is 0 Å². The van der Waals surface area contributed by atoms with E-state index < -0.39 is 6.04 Å². The minimum absolute atomic E-state index is 0.0602. The maximum Gasteiger partial charge on any atom is 0.246 e. The maximum absolute atomic E-state index is 13.0. The van der Waals surface area contributed by atoms with Crippen LogP contribution in [0, 0.1) is 34.5 Å². The van der Waals surface area contributed by atoms with Gasteiger partial charge < -0.3 is 10.6 Å². The normalized spacial score (nSPS) is 32.5. The molecule has 136 valence electrons. The van der Waals surface area contributed by atoms with E-state index in [1.165, 1.54) is 19.3 Å². The van der Waals surface area contributed by atoms with Gasteiger partial charge in [0.15, 0.2) is 0 Å². The molecule has 0 heterocycles. The number of nitrogens with zero attached hydrogens (tertiary/aromatic N) is 1. The molecule has 4 saturated carbocycles. The van der Waals surface area contributed by atoms with E-state index in [4.69, 9.17) is 5.26 Å². The van der Waals surface area contributed by atoms with Gasteiger partial charge in [-0.25, -0.2) is 0 Å². The second kappa shape index (κ2) is 6.42. The lowest BCUT2D eigenvalue weighted by atomic mass is 9.49. The molecule has 4 bridgehead atoms. The number of hydrogen-bond donors (Lipinski definition) is 2. The Labute approximate surface area is 154 Å². The van der Waals surface area contributed by atoms with E-state index in [1.54, 1.807) is 31.2 Å². The fourth-order valence-electron chi connectivity index (χ4n) is 5.72. The van der Waals surface area contributed by atoms with Crippen molar-refractivity contribution in [1.29, 1.82) is 5.26 Å². The van der Waals surface area contributed by atoms with Crippen LogP contribution < -0.4 is 10.6 Å². The Kier molecular flexibility index (Phi) is 4.22. The van der Waals surface area contributed by atoms with Crippen molar-refractivity contribution >= 4 is 17.5 Å². The van der Waals surface area contributed by atoms with Gasteiger partial charge in [-0.2, -0.15) is 5.26 Å². The molecular weight excluding hydrogens is 326 g/mol. The molecule has 0 radical (unpaired) electrons. The molecule has 0 aromatic heterocycles. The van der Waals surface area contributed by atoms with Gasteiger partial charge in [0.2, 0.25) is 11.8 Å². The van der Waals surface area contributed by atoms with Crippen LogP contribution in [0.4, 0.5) is 5.69 Å². The van der Waals surface area contributed by atoms with E-state index in [0.717, 1.165) is 19.3 Å². The molecule has 0 aliphatic heterocycles. The Bertz CT molecular complexity index is 744. The first-order chi connectivity index (χ1) is 12.5. The molecule has 2 amide bonds. The molecule has 0 spiro atoms. The van der Waals surface area contributed by atoms with Gasteiger partial charge in [0.1, 0.15) is 6.04 Å². The Morgan fingerprint density at radius 1 is 1.15 bits per heavy atom. The quantitative estimate of drug-likeness (QED) is 0.874. The summed E-state index contributed by atoms with van der Waals surface area (Å²) >= 11 is 0. The molecular formula is C21H25N3O2. The summed E-state index contributed by atoms with van der Waals surface area (Å²) in [7, 11) is 0. The smallest absolute Gasteiger partial charge is 0.246 e. The van der Waals surface area contributed by atoms with Crippen molar-refractivity contribution in [1.82, 2.24) is 5.32 Å². The molecule has 5 heteroatoms. The summed E-state index contributed by atoms with van der Waals surface area (Å²) in [6.07, 6.45) is 6.84. The molecule has 2 N–H and O–H groups in total. The summed E-state index contributed by atoms with van der Waals surface area (Å²) in [4.78, 5) is 25.5. The fourth-order valence-corrected chi connectivity index (χ4v) is 5.72. The molecule has 5 nitrogen and oxygen atoms in total. The number of benzene rings is 1. The number of anilines is 1. The zero-order valence-corrected chi connectivity index (χ0v) is 15.1. The third-order valence-electron chi connectivity index (χ3n) is 6.52. The van der Waals surface area contributed by atoms with Crippen LogP contribution in [0.5, 0.6) is 0 Å². The fraction of sp³-hybridized carbons (Fsp3) is 0.571. The molecule has 1 aromatic carbocycles. The van der Waals surface area contributed by atoms with Gasteiger partial charge in [-0.1, -0.05) is 6.07 Å². The average molecular weight is 351 g/mol. The van der Waals surface area contributed by atoms with Crippen molar-refractivity contribution in [3.8, 4) is 6.07 Å². The second-order valence-corrected chi connectivity index (χ2v) is 8.57. The van der Waals surface area contributed by atoms with E-state index in [1.807, 2.05) is 0 Å². The summed E-state index contributed by atoms with van der Waals surface area (Å²) in [5, 5.41) is 14.7. The SMILES string of the molecule is C[C@H](NC(=O)C12CC3CC(CC(C3)C1)C2)C(=O)Nc1cccc(C#N)c1. The Morgan fingerprint density at radius 3 is 2.35 bits per heavy atom. The molecule has 26 heavy (non-hydrogen) atoms. The second-order valence-electron chi connectivity index (χ2n) is 8.57. The standard InChI is InChI=1S/C21H25N3O2/c1-13(19(25)24-18-4-2-3-14(8-18)12-22)23-20(26)21-9-15-5-16(10-21)7-17(6-15)11-21/h2-4,8,13,15-17H,5-7,9-11H2,1H3,(H,23,26)(H,24,25)/t13-,15?,16?,17?,21?/m0/s1. The molecule has 0 saturated heterocycles. The Balaban J connectivity index is 1.39. The number of carbonyl (C=O) groups is 2. The number of hydrogen-bond acceptors (Lipinski definition) is 3. The van der Waals surface area contributed by atoms with Gasteiger partial charge in [0.05, 0.1) is 11.6 Å². The van der Waals surface area contributed by atoms with Crippen molar-refractivity contribution in [2.24, 2.45) is 23.2 Å². The van der Waals surface area contributed by atoms with Crippen LogP contribution in [-0.4, -0.2) is 17.9 Å². The third-order valence-corrected chi connectivity index (χ3v) is 6.52. The minimum atomic E-state index is -0.596. The van der Waals surface area contributed by atoms with E-state index in [0.29, 0.717) is 29.0 Å². The molecule has 4 aliphatic carbocycles. The summed E-state index contributed by atoms with van der Waals surface area (Å²) < 4.78 is 0. The molecule has 0 unspecified atom stereocenters. The number of carbonyl (C=O) groups excluding carboxylic acids is 2. The van der Waals surface area contributed by atoms with Gasteiger partial charge in [0, 0.05) is 11.1 Å². The van der Waals surface area contributed by atoms with Crippen LogP contribution in [0.2, 0.25) is 0 Å². The largest absolute Gasteiger partial charge is 0.344 e. The zero-order chi connectivity index (χ0) is 18.3. The van der Waals surface area contributed by atoms with Crippen molar-refractivity contribution in [2.45, 2.75) is 51.5 Å². The summed E-state index contributed by atoms with van der Waals surface area (Å²) in [6, 6.07) is 8.25. The number of nitriles is 1. The van der Waals surface area contributed by atoms with Crippen molar-refractivity contribution in [2.75, 3.05) is 5.32 Å². The zero-order valence-electron chi connectivity index (χ0n) is 15.1. The van der Waals surface area contributed by atoms with E-state index in [2.05, 4.69) is 16.7 Å². The lowest BCUT2D eigenvalue weighted by Gasteiger charge is -2.55. The van der Waals surface area contributed by atoms with E-state index in [9.17, 15) is 9.59 Å². The summed E-state index contributed by atoms with van der Waals surface area (Å²) in [5.74, 6) is 1.91. The lowest BCUT2D eigenvalue weighted by Crippen LogP contribution is -2.56. The topological polar surface area (TPSA) is 82.0 Å². The number of rotatable bonds is 4. The minimum Gasteiger partial charge on any atom is -0.344 e. The Hall–Kier alpha value is -2.35. The summed E-state index contributed by atoms with van der Waals surface area (Å²) in [6.45, 7) is 1.72. The van der Waals surface area contributed by atoms with Crippen LogP contribution >= 0.6 is 0 Å². The first kappa shape index (κ1) is 17.1. The molecule has 5 rings (SSSR count). The first-order valence-corrected chi connectivity index (χ1v) is 9.59. The van der Waals surface area contributed by atoms with Crippen molar-refractivity contribution < 1.29 is 9.59 Å². The van der Waals surface area contributed by atoms with Crippen molar-refractivity contribution in [3.05, 3.63) is 29.8 Å². The molecule has 1 aromatic rings. The predicted molar refractivity (Wildman–Crippen MR) is 98.0 cm³/mol. The molecule has 1 atom stereocenters. The van der Waals surface area contributed by atoms with Gasteiger partial charge in [-0.15, -0.1) is 0 Å². The predicted octanol–water partition coefficient (Wildman–Crippen LogP) is 3.22. The van der Waals surface area contributed by atoms with Gasteiger partial charge in [-0.3, -0.25) is 9.59 Å². The van der Waals surface area contributed by atoms with E-state index in [-0.39, 0.29) is 17.2 Å². The summed E-state index contributed by atoms with van der Waals surface area (Å²) in [5.41, 5.74) is 0.822. The lowest BCUT2D eigenvalue weighted by molar-refractivity contribution is -0.147. The van der Waals surface area contributed by atoms with Gasteiger partial charge >= 0.3 is 0 Å². The number of amides is 2. The van der Waals surface area contributed by atoms with Crippen molar-refractivity contribution in [3.63, 3.8) is 0 Å². The number of nitrogens with one attached hydrogen (secondary N) is 2. The molecule has 4 fully saturated rings. The highest BCUT2D eigenvalue weighted by Crippen LogP contribution is 2.60. The Morgan fingerprint density at radius 2 is 1.77 bits per heavy atom. The first-order valence-electron chi connectivity index (χ1n) is 9.59. The highest BCUT2D eigenvalue weighted by atomic mass is 16.2. The monoisotopic (exact) mass is 351 g/mol. The van der Waals surface area contributed by atoms with Crippen LogP contribution in [0.15, 0.2) is 24.3 Å².